The van der Waals surface area contributed by atoms with Gasteiger partial charge < -0.3 is 5.32 Å². The zero-order valence-corrected chi connectivity index (χ0v) is 14.8. The van der Waals surface area contributed by atoms with E-state index in [2.05, 4.69) is 5.32 Å². The smallest absolute Gasteiger partial charge is 0.253 e. The largest absolute Gasteiger partial charge is 0.349 e. The van der Waals surface area contributed by atoms with Crippen LogP contribution < -0.4 is 9.62 Å². The van der Waals surface area contributed by atoms with Crippen molar-refractivity contribution in [2.45, 2.75) is 31.7 Å². The van der Waals surface area contributed by atoms with Crippen molar-refractivity contribution in [3.05, 3.63) is 28.8 Å². The molecular formula is C16H21ClN2O3S. The first kappa shape index (κ1) is 16.6. The third-order valence-electron chi connectivity index (χ3n) is 5.11. The number of hydrogen-bond acceptors (Lipinski definition) is 3. The quantitative estimate of drug-likeness (QED) is 0.901. The molecule has 0 saturated heterocycles. The number of sulfonamides is 1. The van der Waals surface area contributed by atoms with Crippen LogP contribution in [0, 0.1) is 11.8 Å². The number of nitrogens with one attached hydrogen (secondary N) is 1. The van der Waals surface area contributed by atoms with Gasteiger partial charge in [0.2, 0.25) is 10.0 Å². The summed E-state index contributed by atoms with van der Waals surface area (Å²) < 4.78 is 24.3. The molecule has 1 N–H and O–H groups in total. The average Bonchev–Trinajstić information content (AvgIpc) is 3.07. The van der Waals surface area contributed by atoms with Gasteiger partial charge in [-0.15, -0.1) is 0 Å². The van der Waals surface area contributed by atoms with Gasteiger partial charge in [-0.1, -0.05) is 18.0 Å². The van der Waals surface area contributed by atoms with Crippen molar-refractivity contribution in [2.75, 3.05) is 17.6 Å². The van der Waals surface area contributed by atoms with Crippen LogP contribution in [0.1, 0.15) is 36.0 Å². The molecule has 0 heterocycles. The van der Waals surface area contributed by atoms with Crippen LogP contribution in [0.15, 0.2) is 18.2 Å². The fourth-order valence-electron chi connectivity index (χ4n) is 3.74. The molecule has 2 fully saturated rings. The van der Waals surface area contributed by atoms with E-state index in [9.17, 15) is 13.2 Å². The maximum atomic E-state index is 12.4. The number of fused-ring (bicyclic) bond motifs is 2. The number of benzene rings is 1. The van der Waals surface area contributed by atoms with Crippen LogP contribution in [-0.2, 0) is 10.0 Å². The summed E-state index contributed by atoms with van der Waals surface area (Å²) in [5.74, 6) is 1.17. The third kappa shape index (κ3) is 3.33. The van der Waals surface area contributed by atoms with Crippen molar-refractivity contribution in [3.8, 4) is 0 Å². The van der Waals surface area contributed by atoms with Crippen LogP contribution in [0.25, 0.3) is 0 Å². The molecule has 1 aromatic rings. The minimum absolute atomic E-state index is 0.180. The van der Waals surface area contributed by atoms with Crippen LogP contribution in [0.4, 0.5) is 5.69 Å². The molecule has 126 valence electrons. The fraction of sp³-hybridized carbons (Fsp3) is 0.562. The van der Waals surface area contributed by atoms with E-state index in [1.807, 2.05) is 0 Å². The highest BCUT2D eigenvalue weighted by Gasteiger charge is 2.40. The summed E-state index contributed by atoms with van der Waals surface area (Å²) in [7, 11) is -1.90. The van der Waals surface area contributed by atoms with E-state index in [1.54, 1.807) is 12.1 Å². The Morgan fingerprint density at radius 3 is 2.57 bits per heavy atom. The van der Waals surface area contributed by atoms with Crippen LogP contribution in [0.2, 0.25) is 5.02 Å². The summed E-state index contributed by atoms with van der Waals surface area (Å²) >= 11 is 6.20. The lowest BCUT2D eigenvalue weighted by molar-refractivity contribution is 0.0923. The Balaban J connectivity index is 1.74. The molecule has 3 atom stereocenters. The highest BCUT2D eigenvalue weighted by Crippen LogP contribution is 2.44. The zero-order chi connectivity index (χ0) is 16.8. The average molecular weight is 357 g/mol. The van der Waals surface area contributed by atoms with Crippen molar-refractivity contribution in [2.24, 2.45) is 11.8 Å². The summed E-state index contributed by atoms with van der Waals surface area (Å²) in [5, 5.41) is 3.35. The summed E-state index contributed by atoms with van der Waals surface area (Å²) in [6, 6.07) is 4.94. The predicted molar refractivity (Wildman–Crippen MR) is 91.4 cm³/mol. The van der Waals surface area contributed by atoms with Crippen LogP contribution in [-0.4, -0.2) is 33.7 Å². The maximum absolute atomic E-state index is 12.4. The molecule has 2 aliphatic rings. The molecule has 1 amide bonds. The SMILES string of the molecule is CN(c1ccc(C(=O)N[C@@H]2C[C@H]3CC[C@H]2C3)c(Cl)c1)S(C)(=O)=O. The maximum Gasteiger partial charge on any atom is 0.253 e. The summed E-state index contributed by atoms with van der Waals surface area (Å²) in [4.78, 5) is 12.4. The van der Waals surface area contributed by atoms with E-state index < -0.39 is 10.0 Å². The van der Waals surface area contributed by atoms with Crippen molar-refractivity contribution in [1.82, 2.24) is 5.32 Å². The Morgan fingerprint density at radius 2 is 2.04 bits per heavy atom. The van der Waals surface area contributed by atoms with Crippen LogP contribution in [0.3, 0.4) is 0 Å². The molecule has 3 rings (SSSR count). The van der Waals surface area contributed by atoms with Gasteiger partial charge in [-0.3, -0.25) is 9.10 Å². The first-order chi connectivity index (χ1) is 10.8. The van der Waals surface area contributed by atoms with E-state index in [0.29, 0.717) is 17.2 Å². The Hall–Kier alpha value is -1.27. The van der Waals surface area contributed by atoms with Crippen molar-refractivity contribution >= 4 is 33.2 Å². The Bertz CT molecular complexity index is 735. The molecule has 2 aliphatic carbocycles. The summed E-state index contributed by atoms with van der Waals surface area (Å²) in [5.41, 5.74) is 0.828. The number of hydrogen-bond donors (Lipinski definition) is 1. The molecule has 7 heteroatoms. The molecule has 0 radical (unpaired) electrons. The van der Waals surface area contributed by atoms with Crippen molar-refractivity contribution in [1.29, 1.82) is 0 Å². The van der Waals surface area contributed by atoms with Crippen molar-refractivity contribution in [3.63, 3.8) is 0 Å². The van der Waals surface area contributed by atoms with E-state index in [0.717, 1.165) is 22.9 Å². The van der Waals surface area contributed by atoms with E-state index >= 15 is 0 Å². The molecule has 0 aliphatic heterocycles. The minimum atomic E-state index is -3.36. The normalized spacial score (nSPS) is 26.3. The van der Waals surface area contributed by atoms with Gasteiger partial charge in [0.25, 0.3) is 5.91 Å². The van der Waals surface area contributed by atoms with Crippen LogP contribution >= 0.6 is 11.6 Å². The molecule has 1 aromatic carbocycles. The van der Waals surface area contributed by atoms with Gasteiger partial charge in [-0.25, -0.2) is 8.42 Å². The Labute approximate surface area is 142 Å². The monoisotopic (exact) mass is 356 g/mol. The number of carbonyl (C=O) groups is 1. The number of carbonyl (C=O) groups excluding carboxylic acids is 1. The van der Waals surface area contributed by atoms with Gasteiger partial charge in [0, 0.05) is 13.1 Å². The van der Waals surface area contributed by atoms with Crippen LogP contribution in [0.5, 0.6) is 0 Å². The molecule has 0 unspecified atom stereocenters. The van der Waals surface area contributed by atoms with Gasteiger partial charge in [-0.05, 0) is 49.3 Å². The highest BCUT2D eigenvalue weighted by molar-refractivity contribution is 7.92. The third-order valence-corrected chi connectivity index (χ3v) is 6.63. The lowest BCUT2D eigenvalue weighted by atomic mass is 9.95. The Kier molecular flexibility index (Phi) is 4.31. The molecule has 0 aromatic heterocycles. The van der Waals surface area contributed by atoms with Gasteiger partial charge >= 0.3 is 0 Å². The van der Waals surface area contributed by atoms with Gasteiger partial charge in [0.15, 0.2) is 0 Å². The van der Waals surface area contributed by atoms with Crippen molar-refractivity contribution < 1.29 is 13.2 Å². The summed E-state index contributed by atoms with van der Waals surface area (Å²) in [6.45, 7) is 0. The number of rotatable bonds is 4. The van der Waals surface area contributed by atoms with E-state index in [4.69, 9.17) is 11.6 Å². The molecule has 2 saturated carbocycles. The fourth-order valence-corrected chi connectivity index (χ4v) is 4.50. The first-order valence-corrected chi connectivity index (χ1v) is 10.0. The number of anilines is 1. The Morgan fingerprint density at radius 1 is 1.30 bits per heavy atom. The molecule has 2 bridgehead atoms. The summed E-state index contributed by atoms with van der Waals surface area (Å²) in [6.07, 6.45) is 5.88. The first-order valence-electron chi connectivity index (χ1n) is 7.80. The second-order valence-electron chi connectivity index (χ2n) is 6.65. The standard InChI is InChI=1S/C16H21ClN2O3S/c1-19(23(2,21)22)12-5-6-13(14(17)9-12)16(20)18-15-8-10-3-4-11(15)7-10/h5-6,9-11,15H,3-4,7-8H2,1-2H3,(H,18,20)/t10-,11-,15+/m0/s1. The lowest BCUT2D eigenvalue weighted by Crippen LogP contribution is -2.38. The van der Waals surface area contributed by atoms with Gasteiger partial charge in [-0.2, -0.15) is 0 Å². The molecule has 23 heavy (non-hydrogen) atoms. The highest BCUT2D eigenvalue weighted by atomic mass is 35.5. The number of nitrogens with zero attached hydrogens (tertiary/aromatic N) is 1. The number of amides is 1. The minimum Gasteiger partial charge on any atom is -0.349 e. The zero-order valence-electron chi connectivity index (χ0n) is 13.3. The van der Waals surface area contributed by atoms with Gasteiger partial charge in [0.05, 0.1) is 22.5 Å². The predicted octanol–water partition coefficient (Wildman–Crippen LogP) is 2.65. The number of halogens is 1. The lowest BCUT2D eigenvalue weighted by Gasteiger charge is -2.23. The molecular weight excluding hydrogens is 336 g/mol. The van der Waals surface area contributed by atoms with E-state index in [1.165, 1.54) is 32.4 Å². The molecule has 5 nitrogen and oxygen atoms in total. The second-order valence-corrected chi connectivity index (χ2v) is 9.07. The second kappa shape index (κ2) is 5.98. The topological polar surface area (TPSA) is 66.5 Å². The van der Waals surface area contributed by atoms with Gasteiger partial charge in [0.1, 0.15) is 0 Å². The van der Waals surface area contributed by atoms with E-state index in [-0.39, 0.29) is 17.0 Å². The molecule has 0 spiro atoms.